The van der Waals surface area contributed by atoms with E-state index in [0.29, 0.717) is 19.8 Å². The first-order valence-corrected chi connectivity index (χ1v) is 9.95. The van der Waals surface area contributed by atoms with Crippen molar-refractivity contribution in [2.75, 3.05) is 19.8 Å². The maximum Gasteiger partial charge on any atom is 0.225 e. The van der Waals surface area contributed by atoms with Gasteiger partial charge < -0.3 is 10.1 Å². The van der Waals surface area contributed by atoms with Gasteiger partial charge >= 0.3 is 0 Å². The summed E-state index contributed by atoms with van der Waals surface area (Å²) in [6.45, 7) is 4.96. The fourth-order valence-electron chi connectivity index (χ4n) is 4.45. The summed E-state index contributed by atoms with van der Waals surface area (Å²) >= 11 is 0. The van der Waals surface area contributed by atoms with Crippen LogP contribution in [0.4, 0.5) is 0 Å². The number of rotatable bonds is 4. The first-order chi connectivity index (χ1) is 12.3. The summed E-state index contributed by atoms with van der Waals surface area (Å²) in [6.07, 6.45) is 8.85. The SMILES string of the molecule is O=C(NCc1cc2n(n1)CCCN(C1CCCCC1)C2)C1CCOC1. The standard InChI is InChI=1S/C19H30N4O2/c24-19(15-7-10-25-14-15)20-12-16-11-18-13-22(8-4-9-23(18)21-16)17-5-2-1-3-6-17/h11,15,17H,1-10,12-14H2,(H,20,24). The second kappa shape index (κ2) is 7.87. The molecule has 6 heteroatoms. The normalized spacial score (nSPS) is 25.5. The molecule has 1 aliphatic carbocycles. The van der Waals surface area contributed by atoms with Gasteiger partial charge in [-0.2, -0.15) is 5.10 Å². The molecule has 2 fully saturated rings. The van der Waals surface area contributed by atoms with Gasteiger partial charge in [0.1, 0.15) is 0 Å². The summed E-state index contributed by atoms with van der Waals surface area (Å²) in [7, 11) is 0. The largest absolute Gasteiger partial charge is 0.381 e. The molecule has 2 aliphatic heterocycles. The van der Waals surface area contributed by atoms with Crippen LogP contribution >= 0.6 is 0 Å². The number of aromatic nitrogens is 2. The fourth-order valence-corrected chi connectivity index (χ4v) is 4.45. The molecule has 0 radical (unpaired) electrons. The van der Waals surface area contributed by atoms with Gasteiger partial charge in [-0.15, -0.1) is 0 Å². The van der Waals surface area contributed by atoms with Crippen LogP contribution in [-0.2, 0) is 29.2 Å². The highest BCUT2D eigenvalue weighted by Crippen LogP contribution is 2.26. The van der Waals surface area contributed by atoms with Gasteiger partial charge in [-0.25, -0.2) is 0 Å². The first-order valence-electron chi connectivity index (χ1n) is 9.95. The van der Waals surface area contributed by atoms with Crippen LogP contribution in [0.2, 0.25) is 0 Å². The average Bonchev–Trinajstić information content (AvgIpc) is 3.27. The molecule has 1 amide bonds. The van der Waals surface area contributed by atoms with Crippen molar-refractivity contribution in [3.63, 3.8) is 0 Å². The molecule has 0 spiro atoms. The van der Waals surface area contributed by atoms with Crippen molar-refractivity contribution >= 4 is 5.91 Å². The van der Waals surface area contributed by atoms with Gasteiger partial charge in [0.15, 0.2) is 0 Å². The van der Waals surface area contributed by atoms with Crippen LogP contribution in [0.1, 0.15) is 56.3 Å². The number of aryl methyl sites for hydroxylation is 1. The molecular weight excluding hydrogens is 316 g/mol. The number of nitrogens with zero attached hydrogens (tertiary/aromatic N) is 3. The Kier molecular flexibility index (Phi) is 5.36. The fraction of sp³-hybridized carbons (Fsp3) is 0.789. The molecule has 4 rings (SSSR count). The molecular formula is C19H30N4O2. The second-order valence-corrected chi connectivity index (χ2v) is 7.74. The van der Waals surface area contributed by atoms with Gasteiger partial charge in [-0.3, -0.25) is 14.4 Å². The Morgan fingerprint density at radius 1 is 1.20 bits per heavy atom. The molecule has 1 saturated heterocycles. The van der Waals surface area contributed by atoms with Gasteiger partial charge in [-0.05, 0) is 31.7 Å². The monoisotopic (exact) mass is 346 g/mol. The Morgan fingerprint density at radius 2 is 2.08 bits per heavy atom. The molecule has 25 heavy (non-hydrogen) atoms. The molecule has 1 aromatic heterocycles. The van der Waals surface area contributed by atoms with E-state index >= 15 is 0 Å². The maximum atomic E-state index is 12.1. The summed E-state index contributed by atoms with van der Waals surface area (Å²) in [4.78, 5) is 14.8. The van der Waals surface area contributed by atoms with E-state index in [1.807, 2.05) is 0 Å². The van der Waals surface area contributed by atoms with E-state index in [4.69, 9.17) is 9.84 Å². The summed E-state index contributed by atoms with van der Waals surface area (Å²) in [5.74, 6) is 0.117. The molecule has 6 nitrogen and oxygen atoms in total. The van der Waals surface area contributed by atoms with Crippen LogP contribution in [-0.4, -0.2) is 46.4 Å². The van der Waals surface area contributed by atoms with Crippen molar-refractivity contribution in [1.29, 1.82) is 0 Å². The van der Waals surface area contributed by atoms with Crippen molar-refractivity contribution in [3.8, 4) is 0 Å². The zero-order chi connectivity index (χ0) is 17.1. The summed E-state index contributed by atoms with van der Waals surface area (Å²) in [5.41, 5.74) is 2.28. The molecule has 3 aliphatic rings. The number of carbonyl (C=O) groups is 1. The summed E-state index contributed by atoms with van der Waals surface area (Å²) in [6, 6.07) is 2.94. The van der Waals surface area contributed by atoms with Gasteiger partial charge in [0.25, 0.3) is 0 Å². The van der Waals surface area contributed by atoms with E-state index in [9.17, 15) is 4.79 Å². The third-order valence-electron chi connectivity index (χ3n) is 5.93. The maximum absolute atomic E-state index is 12.1. The van der Waals surface area contributed by atoms with Crippen molar-refractivity contribution in [2.24, 2.45) is 5.92 Å². The van der Waals surface area contributed by atoms with Gasteiger partial charge in [0.2, 0.25) is 5.91 Å². The number of hydrogen-bond acceptors (Lipinski definition) is 4. The molecule has 3 heterocycles. The van der Waals surface area contributed by atoms with Crippen molar-refractivity contribution in [3.05, 3.63) is 17.5 Å². The van der Waals surface area contributed by atoms with E-state index in [1.165, 1.54) is 44.3 Å². The zero-order valence-electron chi connectivity index (χ0n) is 15.1. The molecule has 1 aromatic rings. The Hall–Kier alpha value is -1.40. The first kappa shape index (κ1) is 17.0. The third kappa shape index (κ3) is 4.06. The van der Waals surface area contributed by atoms with Crippen LogP contribution in [0, 0.1) is 5.92 Å². The van der Waals surface area contributed by atoms with E-state index in [1.54, 1.807) is 0 Å². The minimum atomic E-state index is 0.0160. The second-order valence-electron chi connectivity index (χ2n) is 7.74. The molecule has 1 unspecified atom stereocenters. The highest BCUT2D eigenvalue weighted by molar-refractivity contribution is 5.78. The lowest BCUT2D eigenvalue weighted by atomic mass is 9.94. The predicted molar refractivity (Wildman–Crippen MR) is 94.9 cm³/mol. The summed E-state index contributed by atoms with van der Waals surface area (Å²) < 4.78 is 7.45. The Bertz CT molecular complexity index is 588. The van der Waals surface area contributed by atoms with Crippen molar-refractivity contribution in [2.45, 2.75) is 70.6 Å². The molecule has 0 aromatic carbocycles. The lowest BCUT2D eigenvalue weighted by Crippen LogP contribution is -2.36. The number of carbonyl (C=O) groups excluding carboxylic acids is 1. The van der Waals surface area contributed by atoms with Crippen LogP contribution in [0.15, 0.2) is 6.07 Å². The molecule has 0 bridgehead atoms. The van der Waals surface area contributed by atoms with E-state index in [-0.39, 0.29) is 11.8 Å². The molecule has 138 valence electrons. The van der Waals surface area contributed by atoms with E-state index in [0.717, 1.165) is 37.7 Å². The Balaban J connectivity index is 1.36. The molecule has 1 atom stereocenters. The Morgan fingerprint density at radius 3 is 2.88 bits per heavy atom. The molecule has 1 saturated carbocycles. The quantitative estimate of drug-likeness (QED) is 0.907. The zero-order valence-corrected chi connectivity index (χ0v) is 15.1. The predicted octanol–water partition coefficient (Wildman–Crippen LogP) is 2.07. The molecule has 1 N–H and O–H groups in total. The number of nitrogens with one attached hydrogen (secondary N) is 1. The van der Waals surface area contributed by atoms with Crippen LogP contribution < -0.4 is 5.32 Å². The van der Waals surface area contributed by atoms with Gasteiger partial charge in [0.05, 0.1) is 30.5 Å². The van der Waals surface area contributed by atoms with Crippen molar-refractivity contribution in [1.82, 2.24) is 20.0 Å². The highest BCUT2D eigenvalue weighted by Gasteiger charge is 2.26. The van der Waals surface area contributed by atoms with Gasteiger partial charge in [-0.1, -0.05) is 19.3 Å². The van der Waals surface area contributed by atoms with Crippen molar-refractivity contribution < 1.29 is 9.53 Å². The number of amides is 1. The topological polar surface area (TPSA) is 59.4 Å². The lowest BCUT2D eigenvalue weighted by molar-refractivity contribution is -0.125. The lowest BCUT2D eigenvalue weighted by Gasteiger charge is -2.33. The average molecular weight is 346 g/mol. The number of hydrogen-bond donors (Lipinski definition) is 1. The van der Waals surface area contributed by atoms with Crippen LogP contribution in [0.3, 0.4) is 0 Å². The van der Waals surface area contributed by atoms with Crippen LogP contribution in [0.25, 0.3) is 0 Å². The van der Waals surface area contributed by atoms with E-state index < -0.39 is 0 Å². The van der Waals surface area contributed by atoms with Gasteiger partial charge in [0, 0.05) is 32.3 Å². The highest BCUT2D eigenvalue weighted by atomic mass is 16.5. The summed E-state index contributed by atoms with van der Waals surface area (Å²) in [5, 5.41) is 7.76. The number of fused-ring (bicyclic) bond motifs is 1. The third-order valence-corrected chi connectivity index (χ3v) is 5.93. The smallest absolute Gasteiger partial charge is 0.225 e. The number of ether oxygens (including phenoxy) is 1. The van der Waals surface area contributed by atoms with E-state index in [2.05, 4.69) is 21.0 Å². The van der Waals surface area contributed by atoms with Crippen LogP contribution in [0.5, 0.6) is 0 Å². The minimum Gasteiger partial charge on any atom is -0.381 e. The Labute approximate surface area is 149 Å². The minimum absolute atomic E-state index is 0.0160.